The first-order chi connectivity index (χ1) is 10.9. The minimum atomic E-state index is -0.515. The van der Waals surface area contributed by atoms with Crippen LogP contribution in [0.1, 0.15) is 33.3 Å². The van der Waals surface area contributed by atoms with Crippen LogP contribution in [0.3, 0.4) is 0 Å². The third-order valence-corrected chi connectivity index (χ3v) is 3.02. The SMILES string of the molecule is CCn1cc(CNc2cccc(NC(=O)OC(C)(C)C)c2)cn1. The average Bonchev–Trinajstić information content (AvgIpc) is 2.91. The smallest absolute Gasteiger partial charge is 0.412 e. The lowest BCUT2D eigenvalue weighted by Gasteiger charge is -2.19. The van der Waals surface area contributed by atoms with Crippen molar-refractivity contribution < 1.29 is 9.53 Å². The van der Waals surface area contributed by atoms with Gasteiger partial charge in [0.15, 0.2) is 0 Å². The molecule has 124 valence electrons. The topological polar surface area (TPSA) is 68.2 Å². The first-order valence-electron chi connectivity index (χ1n) is 7.71. The zero-order chi connectivity index (χ0) is 16.9. The van der Waals surface area contributed by atoms with Crippen molar-refractivity contribution in [3.05, 3.63) is 42.2 Å². The number of anilines is 2. The molecule has 0 fully saturated rings. The van der Waals surface area contributed by atoms with Gasteiger partial charge in [-0.25, -0.2) is 4.79 Å². The van der Waals surface area contributed by atoms with E-state index in [1.165, 1.54) is 0 Å². The van der Waals surface area contributed by atoms with Gasteiger partial charge in [-0.3, -0.25) is 10.00 Å². The van der Waals surface area contributed by atoms with Gasteiger partial charge in [0.25, 0.3) is 0 Å². The number of rotatable bonds is 5. The van der Waals surface area contributed by atoms with Gasteiger partial charge in [-0.2, -0.15) is 5.10 Å². The molecule has 2 aromatic rings. The van der Waals surface area contributed by atoms with Crippen LogP contribution in [0.25, 0.3) is 0 Å². The monoisotopic (exact) mass is 316 g/mol. The number of nitrogens with zero attached hydrogens (tertiary/aromatic N) is 2. The number of ether oxygens (including phenoxy) is 1. The number of amides is 1. The molecule has 2 N–H and O–H groups in total. The second-order valence-electron chi connectivity index (χ2n) is 6.27. The third kappa shape index (κ3) is 5.65. The number of hydrogen-bond donors (Lipinski definition) is 2. The summed E-state index contributed by atoms with van der Waals surface area (Å²) in [6.45, 7) is 9.09. The Kier molecular flexibility index (Phi) is 5.26. The molecular weight excluding hydrogens is 292 g/mol. The van der Waals surface area contributed by atoms with Gasteiger partial charge in [0.1, 0.15) is 5.60 Å². The molecule has 0 aliphatic heterocycles. The van der Waals surface area contributed by atoms with E-state index in [0.717, 1.165) is 17.8 Å². The maximum Gasteiger partial charge on any atom is 0.412 e. The maximum absolute atomic E-state index is 11.8. The van der Waals surface area contributed by atoms with Crippen LogP contribution in [-0.2, 0) is 17.8 Å². The quantitative estimate of drug-likeness (QED) is 0.879. The molecule has 0 aliphatic rings. The highest BCUT2D eigenvalue weighted by atomic mass is 16.6. The summed E-state index contributed by atoms with van der Waals surface area (Å²) in [6, 6.07) is 7.52. The maximum atomic E-state index is 11.8. The predicted octanol–water partition coefficient (Wildman–Crippen LogP) is 3.86. The van der Waals surface area contributed by atoms with E-state index in [0.29, 0.717) is 12.2 Å². The van der Waals surface area contributed by atoms with Gasteiger partial charge < -0.3 is 10.1 Å². The number of nitrogens with one attached hydrogen (secondary N) is 2. The summed E-state index contributed by atoms with van der Waals surface area (Å²) in [7, 11) is 0. The van der Waals surface area contributed by atoms with Crippen LogP contribution < -0.4 is 10.6 Å². The zero-order valence-electron chi connectivity index (χ0n) is 14.1. The zero-order valence-corrected chi connectivity index (χ0v) is 14.1. The molecule has 0 spiro atoms. The van der Waals surface area contributed by atoms with Crippen molar-refractivity contribution in [2.45, 2.75) is 46.4 Å². The van der Waals surface area contributed by atoms with Crippen molar-refractivity contribution in [3.63, 3.8) is 0 Å². The molecule has 0 saturated carbocycles. The van der Waals surface area contributed by atoms with Crippen LogP contribution in [0.4, 0.5) is 16.2 Å². The van der Waals surface area contributed by atoms with Crippen LogP contribution >= 0.6 is 0 Å². The van der Waals surface area contributed by atoms with Gasteiger partial charge in [-0.05, 0) is 45.9 Å². The Hall–Kier alpha value is -2.50. The van der Waals surface area contributed by atoms with Gasteiger partial charge in [0.05, 0.1) is 6.20 Å². The summed E-state index contributed by atoms with van der Waals surface area (Å²) in [4.78, 5) is 11.8. The first kappa shape index (κ1) is 16.9. The Labute approximate surface area is 136 Å². The lowest BCUT2D eigenvalue weighted by atomic mass is 10.2. The van der Waals surface area contributed by atoms with E-state index in [1.807, 2.05) is 62.1 Å². The average molecular weight is 316 g/mol. The normalized spacial score (nSPS) is 11.1. The Morgan fingerprint density at radius 1 is 1.30 bits per heavy atom. The minimum absolute atomic E-state index is 0.459. The number of carbonyl (C=O) groups excluding carboxylic acids is 1. The standard InChI is InChI=1S/C17H24N4O2/c1-5-21-12-13(11-19-21)10-18-14-7-6-8-15(9-14)20-16(22)23-17(2,3)4/h6-9,11-12,18H,5,10H2,1-4H3,(H,20,22). The van der Waals surface area contributed by atoms with Crippen molar-refractivity contribution in [2.24, 2.45) is 0 Å². The first-order valence-corrected chi connectivity index (χ1v) is 7.71. The molecule has 0 aliphatic carbocycles. The van der Waals surface area contributed by atoms with Crippen LogP contribution in [0, 0.1) is 0 Å². The fraction of sp³-hybridized carbons (Fsp3) is 0.412. The molecule has 0 unspecified atom stereocenters. The van der Waals surface area contributed by atoms with Gasteiger partial charge >= 0.3 is 6.09 Å². The minimum Gasteiger partial charge on any atom is -0.444 e. The molecule has 0 saturated heterocycles. The molecule has 0 bridgehead atoms. The second kappa shape index (κ2) is 7.17. The van der Waals surface area contributed by atoms with Gasteiger partial charge in [-0.15, -0.1) is 0 Å². The third-order valence-electron chi connectivity index (χ3n) is 3.02. The lowest BCUT2D eigenvalue weighted by molar-refractivity contribution is 0.0636. The molecule has 6 heteroatoms. The van der Waals surface area contributed by atoms with Crippen molar-refractivity contribution in [1.82, 2.24) is 9.78 Å². The largest absolute Gasteiger partial charge is 0.444 e. The highest BCUT2D eigenvalue weighted by Gasteiger charge is 2.16. The summed E-state index contributed by atoms with van der Waals surface area (Å²) < 4.78 is 7.13. The highest BCUT2D eigenvalue weighted by molar-refractivity contribution is 5.85. The second-order valence-corrected chi connectivity index (χ2v) is 6.27. The number of carbonyl (C=O) groups is 1. The van der Waals surface area contributed by atoms with Crippen LogP contribution in [0.2, 0.25) is 0 Å². The molecule has 1 aromatic heterocycles. The van der Waals surface area contributed by atoms with Gasteiger partial charge in [0.2, 0.25) is 0 Å². The number of hydrogen-bond acceptors (Lipinski definition) is 4. The van der Waals surface area contributed by atoms with E-state index in [9.17, 15) is 4.79 Å². The summed E-state index contributed by atoms with van der Waals surface area (Å²) >= 11 is 0. The lowest BCUT2D eigenvalue weighted by Crippen LogP contribution is -2.27. The predicted molar refractivity (Wildman–Crippen MR) is 91.5 cm³/mol. The number of aryl methyl sites for hydroxylation is 1. The van der Waals surface area contributed by atoms with Gasteiger partial charge in [-0.1, -0.05) is 6.07 Å². The highest BCUT2D eigenvalue weighted by Crippen LogP contribution is 2.17. The number of aromatic nitrogens is 2. The van der Waals surface area contributed by atoms with Crippen molar-refractivity contribution in [3.8, 4) is 0 Å². The summed E-state index contributed by atoms with van der Waals surface area (Å²) in [6.07, 6.45) is 3.40. The molecule has 23 heavy (non-hydrogen) atoms. The Balaban J connectivity index is 1.92. The number of benzene rings is 1. The van der Waals surface area contributed by atoms with E-state index in [-0.39, 0.29) is 0 Å². The summed E-state index contributed by atoms with van der Waals surface area (Å²) in [5.41, 5.74) is 2.20. The van der Waals surface area contributed by atoms with Crippen molar-refractivity contribution in [2.75, 3.05) is 10.6 Å². The molecule has 0 radical (unpaired) electrons. The fourth-order valence-corrected chi connectivity index (χ4v) is 2.00. The van der Waals surface area contributed by atoms with E-state index in [2.05, 4.69) is 22.7 Å². The van der Waals surface area contributed by atoms with E-state index < -0.39 is 11.7 Å². The van der Waals surface area contributed by atoms with Crippen LogP contribution in [0.5, 0.6) is 0 Å². The molecule has 2 rings (SSSR count). The Bertz CT molecular complexity index is 659. The molecule has 1 aromatic carbocycles. The molecular formula is C17H24N4O2. The summed E-state index contributed by atoms with van der Waals surface area (Å²) in [5, 5.41) is 10.3. The van der Waals surface area contributed by atoms with Crippen LogP contribution in [-0.4, -0.2) is 21.5 Å². The van der Waals surface area contributed by atoms with E-state index >= 15 is 0 Å². The Morgan fingerprint density at radius 2 is 2.04 bits per heavy atom. The van der Waals surface area contributed by atoms with Gasteiger partial charge in [0, 0.05) is 36.2 Å². The molecule has 0 atom stereocenters. The fourth-order valence-electron chi connectivity index (χ4n) is 2.00. The van der Waals surface area contributed by atoms with Crippen molar-refractivity contribution in [1.29, 1.82) is 0 Å². The Morgan fingerprint density at radius 3 is 2.70 bits per heavy atom. The van der Waals surface area contributed by atoms with Crippen LogP contribution in [0.15, 0.2) is 36.7 Å². The van der Waals surface area contributed by atoms with Crippen molar-refractivity contribution >= 4 is 17.5 Å². The molecule has 6 nitrogen and oxygen atoms in total. The molecule has 1 amide bonds. The molecule has 1 heterocycles. The summed E-state index contributed by atoms with van der Waals surface area (Å²) in [5.74, 6) is 0. The van der Waals surface area contributed by atoms with E-state index in [4.69, 9.17) is 4.74 Å². The van der Waals surface area contributed by atoms with E-state index in [1.54, 1.807) is 0 Å².